The zero-order valence-electron chi connectivity index (χ0n) is 10.9. The van der Waals surface area contributed by atoms with Gasteiger partial charge in [0.1, 0.15) is 5.54 Å². The molecule has 0 aliphatic carbocycles. The summed E-state index contributed by atoms with van der Waals surface area (Å²) in [6, 6.07) is 4.88. The van der Waals surface area contributed by atoms with Crippen molar-refractivity contribution in [3.8, 4) is 0 Å². The van der Waals surface area contributed by atoms with E-state index < -0.39 is 17.4 Å². The predicted octanol–water partition coefficient (Wildman–Crippen LogP) is 3.43. The van der Waals surface area contributed by atoms with E-state index in [1.54, 1.807) is 25.1 Å². The van der Waals surface area contributed by atoms with E-state index in [0.717, 1.165) is 4.47 Å². The standard InChI is InChI=1S/C13H15BrClNO3/c1-4-16(13(2,3)12(18)19)11(17)9-6-5-8(14)7-10(9)15/h5-7H,4H2,1-3H3,(H,18,19). The van der Waals surface area contributed by atoms with Crippen LogP contribution < -0.4 is 0 Å². The molecule has 0 saturated carbocycles. The van der Waals surface area contributed by atoms with Crippen molar-refractivity contribution in [1.29, 1.82) is 0 Å². The number of amides is 1. The topological polar surface area (TPSA) is 57.6 Å². The van der Waals surface area contributed by atoms with Gasteiger partial charge in [-0.05, 0) is 39.0 Å². The number of aliphatic carboxylic acids is 1. The third-order valence-electron chi connectivity index (χ3n) is 2.92. The van der Waals surface area contributed by atoms with Crippen molar-refractivity contribution in [3.63, 3.8) is 0 Å². The molecule has 0 aliphatic heterocycles. The highest BCUT2D eigenvalue weighted by Crippen LogP contribution is 2.25. The highest BCUT2D eigenvalue weighted by molar-refractivity contribution is 9.10. The maximum atomic E-state index is 12.4. The minimum atomic E-state index is -1.29. The fourth-order valence-corrected chi connectivity index (χ4v) is 2.47. The maximum Gasteiger partial charge on any atom is 0.329 e. The fraction of sp³-hybridized carbons (Fsp3) is 0.385. The Hall–Kier alpha value is -1.07. The average Bonchev–Trinajstić information content (AvgIpc) is 2.28. The van der Waals surface area contributed by atoms with E-state index in [0.29, 0.717) is 10.6 Å². The Bertz CT molecular complexity index is 517. The molecule has 4 nitrogen and oxygen atoms in total. The van der Waals surface area contributed by atoms with Gasteiger partial charge in [0, 0.05) is 11.0 Å². The van der Waals surface area contributed by atoms with Crippen molar-refractivity contribution in [2.24, 2.45) is 0 Å². The molecule has 0 heterocycles. The number of carbonyl (C=O) groups is 2. The Labute approximate surface area is 125 Å². The van der Waals surface area contributed by atoms with Gasteiger partial charge in [0.2, 0.25) is 0 Å². The summed E-state index contributed by atoms with van der Waals surface area (Å²) in [6.45, 7) is 4.99. The van der Waals surface area contributed by atoms with E-state index in [9.17, 15) is 14.7 Å². The Morgan fingerprint density at radius 2 is 2.00 bits per heavy atom. The van der Waals surface area contributed by atoms with Crippen LogP contribution in [0.3, 0.4) is 0 Å². The van der Waals surface area contributed by atoms with Gasteiger partial charge in [-0.2, -0.15) is 0 Å². The first-order valence-corrected chi connectivity index (χ1v) is 6.89. The minimum Gasteiger partial charge on any atom is -0.480 e. The summed E-state index contributed by atoms with van der Waals surface area (Å²) in [5.41, 5.74) is -0.997. The normalized spacial score (nSPS) is 11.2. The average molecular weight is 349 g/mol. The molecule has 0 spiro atoms. The van der Waals surface area contributed by atoms with Crippen LogP contribution in [-0.4, -0.2) is 34.0 Å². The molecule has 0 unspecified atom stereocenters. The number of likely N-dealkylation sites (N-methyl/N-ethyl adjacent to an activating group) is 1. The van der Waals surface area contributed by atoms with E-state index in [1.165, 1.54) is 18.7 Å². The first-order valence-electron chi connectivity index (χ1n) is 5.72. The highest BCUT2D eigenvalue weighted by Gasteiger charge is 2.37. The molecule has 0 radical (unpaired) electrons. The zero-order valence-corrected chi connectivity index (χ0v) is 13.2. The lowest BCUT2D eigenvalue weighted by Gasteiger charge is -2.34. The van der Waals surface area contributed by atoms with Crippen LogP contribution in [0.25, 0.3) is 0 Å². The second-order valence-electron chi connectivity index (χ2n) is 4.54. The largest absolute Gasteiger partial charge is 0.480 e. The predicted molar refractivity (Wildman–Crippen MR) is 77.6 cm³/mol. The van der Waals surface area contributed by atoms with Crippen LogP contribution in [0.5, 0.6) is 0 Å². The Kier molecular flexibility index (Phi) is 4.98. The quantitative estimate of drug-likeness (QED) is 0.907. The molecule has 0 bridgehead atoms. The number of rotatable bonds is 4. The van der Waals surface area contributed by atoms with Crippen LogP contribution in [0.2, 0.25) is 5.02 Å². The van der Waals surface area contributed by atoms with Gasteiger partial charge in [-0.15, -0.1) is 0 Å². The molecule has 104 valence electrons. The molecule has 1 aromatic carbocycles. The van der Waals surface area contributed by atoms with E-state index in [-0.39, 0.29) is 6.54 Å². The van der Waals surface area contributed by atoms with Crippen molar-refractivity contribution < 1.29 is 14.7 Å². The van der Waals surface area contributed by atoms with Gasteiger partial charge in [0.15, 0.2) is 0 Å². The van der Waals surface area contributed by atoms with Crippen LogP contribution in [0.4, 0.5) is 0 Å². The Balaban J connectivity index is 3.19. The highest BCUT2D eigenvalue weighted by atomic mass is 79.9. The number of carbonyl (C=O) groups excluding carboxylic acids is 1. The monoisotopic (exact) mass is 347 g/mol. The summed E-state index contributed by atoms with van der Waals surface area (Å²) >= 11 is 9.29. The van der Waals surface area contributed by atoms with Crippen molar-refractivity contribution >= 4 is 39.4 Å². The smallest absolute Gasteiger partial charge is 0.329 e. The summed E-state index contributed by atoms with van der Waals surface area (Å²) in [5, 5.41) is 9.51. The molecular formula is C13H15BrClNO3. The number of benzene rings is 1. The van der Waals surface area contributed by atoms with Crippen molar-refractivity contribution in [2.75, 3.05) is 6.54 Å². The molecule has 6 heteroatoms. The van der Waals surface area contributed by atoms with E-state index >= 15 is 0 Å². The third kappa shape index (κ3) is 3.28. The van der Waals surface area contributed by atoms with Gasteiger partial charge in [-0.25, -0.2) is 4.79 Å². The number of halogens is 2. The number of hydrogen-bond acceptors (Lipinski definition) is 2. The lowest BCUT2D eigenvalue weighted by Crippen LogP contribution is -2.52. The number of carboxylic acid groups (broad SMARTS) is 1. The number of hydrogen-bond donors (Lipinski definition) is 1. The first-order chi connectivity index (χ1) is 8.71. The van der Waals surface area contributed by atoms with Gasteiger partial charge < -0.3 is 10.0 Å². The van der Waals surface area contributed by atoms with Gasteiger partial charge in [-0.3, -0.25) is 4.79 Å². The zero-order chi connectivity index (χ0) is 14.8. The van der Waals surface area contributed by atoms with Crippen molar-refractivity contribution in [2.45, 2.75) is 26.3 Å². The summed E-state index contributed by atoms with van der Waals surface area (Å²) < 4.78 is 0.759. The second-order valence-corrected chi connectivity index (χ2v) is 5.86. The van der Waals surface area contributed by atoms with Gasteiger partial charge in [0.25, 0.3) is 5.91 Å². The van der Waals surface area contributed by atoms with E-state index in [1.807, 2.05) is 0 Å². The lowest BCUT2D eigenvalue weighted by molar-refractivity contribution is -0.147. The van der Waals surface area contributed by atoms with Crippen molar-refractivity contribution in [3.05, 3.63) is 33.3 Å². The lowest BCUT2D eigenvalue weighted by atomic mass is 10.0. The Morgan fingerprint density at radius 3 is 2.42 bits per heavy atom. The summed E-state index contributed by atoms with van der Waals surface area (Å²) in [5.74, 6) is -1.46. The molecular weight excluding hydrogens is 334 g/mol. The van der Waals surface area contributed by atoms with Gasteiger partial charge in [-0.1, -0.05) is 27.5 Å². The molecule has 0 atom stereocenters. The minimum absolute atomic E-state index is 0.282. The molecule has 1 aromatic rings. The Morgan fingerprint density at radius 1 is 1.42 bits per heavy atom. The SMILES string of the molecule is CCN(C(=O)c1ccc(Br)cc1Cl)C(C)(C)C(=O)O. The molecule has 1 rings (SSSR count). The van der Waals surface area contributed by atoms with Gasteiger partial charge >= 0.3 is 5.97 Å². The number of nitrogens with zero attached hydrogens (tertiary/aromatic N) is 1. The van der Waals surface area contributed by atoms with E-state index in [2.05, 4.69) is 15.9 Å². The fourth-order valence-electron chi connectivity index (χ4n) is 1.72. The molecule has 0 aromatic heterocycles. The molecule has 0 fully saturated rings. The summed E-state index contributed by atoms with van der Waals surface area (Å²) in [7, 11) is 0. The molecule has 1 N–H and O–H groups in total. The van der Waals surface area contributed by atoms with E-state index in [4.69, 9.17) is 11.6 Å². The third-order valence-corrected chi connectivity index (χ3v) is 3.73. The van der Waals surface area contributed by atoms with Crippen molar-refractivity contribution in [1.82, 2.24) is 4.90 Å². The summed E-state index contributed by atoms with van der Waals surface area (Å²) in [6.07, 6.45) is 0. The van der Waals surface area contributed by atoms with Crippen LogP contribution in [0, 0.1) is 0 Å². The summed E-state index contributed by atoms with van der Waals surface area (Å²) in [4.78, 5) is 25.0. The molecule has 1 amide bonds. The molecule has 19 heavy (non-hydrogen) atoms. The molecule has 0 saturated heterocycles. The maximum absolute atomic E-state index is 12.4. The molecule has 0 aliphatic rings. The van der Waals surface area contributed by atoms with Gasteiger partial charge in [0.05, 0.1) is 10.6 Å². The number of carboxylic acids is 1. The first kappa shape index (κ1) is 16.0. The van der Waals surface area contributed by atoms with Crippen LogP contribution >= 0.6 is 27.5 Å². The van der Waals surface area contributed by atoms with Crippen LogP contribution in [0.15, 0.2) is 22.7 Å². The van der Waals surface area contributed by atoms with Crippen LogP contribution in [-0.2, 0) is 4.79 Å². The van der Waals surface area contributed by atoms with Crippen LogP contribution in [0.1, 0.15) is 31.1 Å². The second kappa shape index (κ2) is 5.92.